The first-order chi connectivity index (χ1) is 15.4. The molecule has 3 amide bonds. The fourth-order valence-corrected chi connectivity index (χ4v) is 4.15. The summed E-state index contributed by atoms with van der Waals surface area (Å²) in [4.78, 5) is 53.2. The molecule has 0 aromatic heterocycles. The molecular formula is C24H24N2O6. The second kappa shape index (κ2) is 8.82. The molecule has 8 nitrogen and oxygen atoms in total. The zero-order valence-electron chi connectivity index (χ0n) is 18.0. The fraction of sp³-hybridized carbons (Fsp3) is 0.333. The number of fused-ring (bicyclic) bond motifs is 1. The van der Waals surface area contributed by atoms with Crippen molar-refractivity contribution in [1.29, 1.82) is 0 Å². The Morgan fingerprint density at radius 3 is 2.22 bits per heavy atom. The quantitative estimate of drug-likeness (QED) is 0.528. The van der Waals surface area contributed by atoms with Gasteiger partial charge in [-0.05, 0) is 48.7 Å². The van der Waals surface area contributed by atoms with Crippen molar-refractivity contribution in [3.8, 4) is 5.75 Å². The van der Waals surface area contributed by atoms with Crippen LogP contribution in [-0.4, -0.2) is 60.8 Å². The molecule has 8 heteroatoms. The fourth-order valence-electron chi connectivity index (χ4n) is 4.15. The molecule has 0 radical (unpaired) electrons. The molecule has 0 saturated carbocycles. The van der Waals surface area contributed by atoms with E-state index in [1.54, 1.807) is 42.3 Å². The number of hydrogen-bond acceptors (Lipinski definition) is 6. The van der Waals surface area contributed by atoms with Gasteiger partial charge in [0, 0.05) is 18.7 Å². The molecular weight excluding hydrogens is 412 g/mol. The van der Waals surface area contributed by atoms with Crippen LogP contribution in [0.3, 0.4) is 0 Å². The van der Waals surface area contributed by atoms with Crippen LogP contribution in [0.5, 0.6) is 5.75 Å². The first-order valence-electron chi connectivity index (χ1n) is 10.4. The van der Waals surface area contributed by atoms with Crippen molar-refractivity contribution in [2.75, 3.05) is 27.3 Å². The van der Waals surface area contributed by atoms with Crippen LogP contribution in [-0.2, 0) is 16.1 Å². The van der Waals surface area contributed by atoms with E-state index in [9.17, 15) is 19.2 Å². The van der Waals surface area contributed by atoms with Gasteiger partial charge in [0.05, 0.1) is 37.8 Å². The summed E-state index contributed by atoms with van der Waals surface area (Å²) in [5.74, 6) is -0.774. The smallest absolute Gasteiger partial charge is 0.308 e. The molecule has 2 aromatic rings. The van der Waals surface area contributed by atoms with E-state index in [-0.39, 0.29) is 35.8 Å². The third kappa shape index (κ3) is 3.95. The Labute approximate surface area is 185 Å². The van der Waals surface area contributed by atoms with Crippen molar-refractivity contribution < 1.29 is 28.7 Å². The van der Waals surface area contributed by atoms with Crippen LogP contribution in [0.1, 0.15) is 49.5 Å². The van der Waals surface area contributed by atoms with Crippen LogP contribution in [0.25, 0.3) is 0 Å². The minimum absolute atomic E-state index is 0.140. The van der Waals surface area contributed by atoms with E-state index in [0.29, 0.717) is 42.8 Å². The minimum atomic E-state index is -0.417. The van der Waals surface area contributed by atoms with Crippen molar-refractivity contribution in [3.05, 3.63) is 64.7 Å². The lowest BCUT2D eigenvalue weighted by molar-refractivity contribution is -0.146. The van der Waals surface area contributed by atoms with Crippen molar-refractivity contribution >= 4 is 23.7 Å². The second-order valence-electron chi connectivity index (χ2n) is 7.89. The average Bonchev–Trinajstić information content (AvgIpc) is 3.07. The Bertz CT molecular complexity index is 1070. The maximum absolute atomic E-state index is 13.0. The van der Waals surface area contributed by atoms with Crippen LogP contribution in [0, 0.1) is 5.92 Å². The third-order valence-corrected chi connectivity index (χ3v) is 6.03. The van der Waals surface area contributed by atoms with Gasteiger partial charge in [0.25, 0.3) is 17.7 Å². The van der Waals surface area contributed by atoms with Gasteiger partial charge in [-0.15, -0.1) is 0 Å². The highest BCUT2D eigenvalue weighted by Gasteiger charge is 2.36. The molecule has 2 heterocycles. The van der Waals surface area contributed by atoms with E-state index in [1.165, 1.54) is 24.1 Å². The van der Waals surface area contributed by atoms with Crippen LogP contribution in [0.15, 0.2) is 42.5 Å². The number of amides is 3. The summed E-state index contributed by atoms with van der Waals surface area (Å²) >= 11 is 0. The van der Waals surface area contributed by atoms with Crippen LogP contribution >= 0.6 is 0 Å². The summed E-state index contributed by atoms with van der Waals surface area (Å²) in [6, 6.07) is 11.8. The predicted octanol–water partition coefficient (Wildman–Crippen LogP) is 2.52. The van der Waals surface area contributed by atoms with Gasteiger partial charge in [-0.2, -0.15) is 0 Å². The number of nitrogens with zero attached hydrogens (tertiary/aromatic N) is 2. The van der Waals surface area contributed by atoms with E-state index >= 15 is 0 Å². The molecule has 0 bridgehead atoms. The number of likely N-dealkylation sites (tertiary alicyclic amines) is 1. The molecule has 4 rings (SSSR count). The highest BCUT2D eigenvalue weighted by atomic mass is 16.5. The first kappa shape index (κ1) is 21.5. The standard InChI is InChI=1S/C24H24N2O6/c1-31-18-6-3-15(4-7-18)14-26-22(28)19-8-5-17(13-20(19)23(26)29)21(27)25-11-9-16(10-12-25)24(30)32-2/h3-8,13,16H,9-12,14H2,1-2H3. The van der Waals surface area contributed by atoms with Gasteiger partial charge >= 0.3 is 5.97 Å². The number of ether oxygens (including phenoxy) is 2. The Morgan fingerprint density at radius 1 is 0.938 bits per heavy atom. The maximum atomic E-state index is 13.0. The number of esters is 1. The maximum Gasteiger partial charge on any atom is 0.308 e. The van der Waals surface area contributed by atoms with Gasteiger partial charge in [0.15, 0.2) is 0 Å². The summed E-state index contributed by atoms with van der Waals surface area (Å²) in [5, 5.41) is 0. The van der Waals surface area contributed by atoms with Crippen molar-refractivity contribution in [2.45, 2.75) is 19.4 Å². The largest absolute Gasteiger partial charge is 0.497 e. The summed E-state index contributed by atoms with van der Waals surface area (Å²) < 4.78 is 9.92. The van der Waals surface area contributed by atoms with Gasteiger partial charge in [-0.1, -0.05) is 12.1 Å². The van der Waals surface area contributed by atoms with Gasteiger partial charge in [0.2, 0.25) is 0 Å². The molecule has 32 heavy (non-hydrogen) atoms. The number of imide groups is 1. The van der Waals surface area contributed by atoms with E-state index in [2.05, 4.69) is 0 Å². The lowest BCUT2D eigenvalue weighted by atomic mass is 9.96. The summed E-state index contributed by atoms with van der Waals surface area (Å²) in [5.41, 5.74) is 1.68. The molecule has 2 aliphatic rings. The Morgan fingerprint density at radius 2 is 1.59 bits per heavy atom. The monoisotopic (exact) mass is 436 g/mol. The SMILES string of the molecule is COC(=O)C1CCN(C(=O)c2ccc3c(c2)C(=O)N(Cc2ccc(OC)cc2)C3=O)CC1. The topological polar surface area (TPSA) is 93.2 Å². The van der Waals surface area contributed by atoms with E-state index < -0.39 is 5.91 Å². The van der Waals surface area contributed by atoms with Gasteiger partial charge < -0.3 is 14.4 Å². The number of hydrogen-bond donors (Lipinski definition) is 0. The molecule has 0 unspecified atom stereocenters. The molecule has 1 saturated heterocycles. The molecule has 1 fully saturated rings. The van der Waals surface area contributed by atoms with E-state index in [4.69, 9.17) is 9.47 Å². The van der Waals surface area contributed by atoms with Crippen molar-refractivity contribution in [3.63, 3.8) is 0 Å². The van der Waals surface area contributed by atoms with Crippen LogP contribution in [0.2, 0.25) is 0 Å². The molecule has 0 spiro atoms. The number of methoxy groups -OCH3 is 2. The lowest BCUT2D eigenvalue weighted by Crippen LogP contribution is -2.40. The van der Waals surface area contributed by atoms with Gasteiger partial charge in [0.1, 0.15) is 5.75 Å². The van der Waals surface area contributed by atoms with Crippen LogP contribution in [0.4, 0.5) is 0 Å². The van der Waals surface area contributed by atoms with Crippen molar-refractivity contribution in [2.24, 2.45) is 5.92 Å². The minimum Gasteiger partial charge on any atom is -0.497 e. The first-order valence-corrected chi connectivity index (χ1v) is 10.4. The average molecular weight is 436 g/mol. The zero-order valence-corrected chi connectivity index (χ0v) is 18.0. The Kier molecular flexibility index (Phi) is 5.94. The van der Waals surface area contributed by atoms with Gasteiger partial charge in [-0.25, -0.2) is 0 Å². The zero-order chi connectivity index (χ0) is 22.8. The molecule has 0 aliphatic carbocycles. The summed E-state index contributed by atoms with van der Waals surface area (Å²) in [6.07, 6.45) is 1.08. The predicted molar refractivity (Wildman–Crippen MR) is 114 cm³/mol. The number of benzene rings is 2. The highest BCUT2D eigenvalue weighted by molar-refractivity contribution is 6.22. The molecule has 2 aliphatic heterocycles. The Hall–Kier alpha value is -3.68. The van der Waals surface area contributed by atoms with Gasteiger partial charge in [-0.3, -0.25) is 24.1 Å². The number of rotatable bonds is 5. The summed E-state index contributed by atoms with van der Waals surface area (Å²) in [7, 11) is 2.93. The number of carbonyl (C=O) groups is 4. The second-order valence-corrected chi connectivity index (χ2v) is 7.89. The third-order valence-electron chi connectivity index (χ3n) is 6.03. The summed E-state index contributed by atoms with van der Waals surface area (Å²) in [6.45, 7) is 1.01. The van der Waals surface area contributed by atoms with E-state index in [1.807, 2.05) is 0 Å². The Balaban J connectivity index is 1.47. The highest BCUT2D eigenvalue weighted by Crippen LogP contribution is 2.27. The molecule has 2 aromatic carbocycles. The molecule has 0 atom stereocenters. The lowest BCUT2D eigenvalue weighted by Gasteiger charge is -2.30. The van der Waals surface area contributed by atoms with Crippen LogP contribution < -0.4 is 4.74 Å². The molecule has 166 valence electrons. The molecule has 0 N–H and O–H groups in total. The number of piperidine rings is 1. The number of carbonyl (C=O) groups excluding carboxylic acids is 4. The van der Waals surface area contributed by atoms with E-state index in [0.717, 1.165) is 5.56 Å². The normalized spacial score (nSPS) is 16.2. The van der Waals surface area contributed by atoms with Crippen molar-refractivity contribution in [1.82, 2.24) is 9.80 Å².